The van der Waals surface area contributed by atoms with E-state index in [0.717, 1.165) is 0 Å². The van der Waals surface area contributed by atoms with Crippen LogP contribution in [0.2, 0.25) is 0 Å². The molecule has 0 aromatic carbocycles. The highest BCUT2D eigenvalue weighted by atomic mass is 16.5. The van der Waals surface area contributed by atoms with Gasteiger partial charge in [-0.25, -0.2) is 0 Å². The van der Waals surface area contributed by atoms with Crippen LogP contribution < -0.4 is 11.3 Å². The zero-order chi connectivity index (χ0) is 12.8. The third kappa shape index (κ3) is 3.40. The van der Waals surface area contributed by atoms with E-state index >= 15 is 0 Å². The lowest BCUT2D eigenvalue weighted by molar-refractivity contribution is 0.0628. The highest BCUT2D eigenvalue weighted by Crippen LogP contribution is 2.09. The molecule has 1 aromatic rings. The molecule has 0 fully saturated rings. The third-order valence-corrected chi connectivity index (χ3v) is 2.54. The maximum absolute atomic E-state index is 12.1. The molecule has 1 atom stereocenters. The van der Waals surface area contributed by atoms with Crippen molar-refractivity contribution in [3.05, 3.63) is 24.0 Å². The first-order valence-electron chi connectivity index (χ1n) is 5.29. The number of rotatable bonds is 5. The van der Waals surface area contributed by atoms with Crippen LogP contribution in [0.3, 0.4) is 0 Å². The maximum atomic E-state index is 12.1. The van der Waals surface area contributed by atoms with Crippen molar-refractivity contribution < 1.29 is 9.53 Å². The molecule has 0 radical (unpaired) electrons. The van der Waals surface area contributed by atoms with Gasteiger partial charge in [0.2, 0.25) is 0 Å². The Labute approximate surface area is 101 Å². The van der Waals surface area contributed by atoms with Gasteiger partial charge in [-0.2, -0.15) is 0 Å². The predicted molar refractivity (Wildman–Crippen MR) is 65.5 cm³/mol. The molecule has 0 aliphatic heterocycles. The van der Waals surface area contributed by atoms with Crippen LogP contribution in [0.5, 0.6) is 0 Å². The molecule has 1 aromatic heterocycles. The van der Waals surface area contributed by atoms with Gasteiger partial charge in [0.1, 0.15) is 5.69 Å². The van der Waals surface area contributed by atoms with Gasteiger partial charge < -0.3 is 15.1 Å². The van der Waals surface area contributed by atoms with Gasteiger partial charge >= 0.3 is 0 Å². The van der Waals surface area contributed by atoms with Gasteiger partial charge in [-0.3, -0.25) is 15.6 Å². The van der Waals surface area contributed by atoms with Crippen molar-refractivity contribution in [3.63, 3.8) is 0 Å². The molecule has 17 heavy (non-hydrogen) atoms. The van der Waals surface area contributed by atoms with Crippen molar-refractivity contribution in [3.8, 4) is 0 Å². The molecule has 1 heterocycles. The van der Waals surface area contributed by atoms with Crippen LogP contribution in [0.1, 0.15) is 17.4 Å². The summed E-state index contributed by atoms with van der Waals surface area (Å²) >= 11 is 0. The lowest BCUT2D eigenvalue weighted by atomic mass is 10.2. The molecule has 0 bridgehead atoms. The summed E-state index contributed by atoms with van der Waals surface area (Å²) in [6, 6.07) is 3.29. The second kappa shape index (κ2) is 6.17. The van der Waals surface area contributed by atoms with E-state index in [2.05, 4.69) is 10.4 Å². The number of carbonyl (C=O) groups is 1. The summed E-state index contributed by atoms with van der Waals surface area (Å²) in [6.07, 6.45) is 1.54. The van der Waals surface area contributed by atoms with E-state index < -0.39 is 0 Å². The Bertz CT molecular complexity index is 383. The van der Waals surface area contributed by atoms with Gasteiger partial charge in [0.25, 0.3) is 5.91 Å². The molecule has 0 saturated carbocycles. The monoisotopic (exact) mass is 238 g/mol. The number of hydrogen-bond acceptors (Lipinski definition) is 5. The van der Waals surface area contributed by atoms with Gasteiger partial charge in [-0.05, 0) is 19.1 Å². The minimum absolute atomic E-state index is 0.0104. The van der Waals surface area contributed by atoms with E-state index in [-0.39, 0.29) is 11.9 Å². The molecule has 0 saturated heterocycles. The predicted octanol–water partition coefficient (Wildman–Crippen LogP) is 0.474. The van der Waals surface area contributed by atoms with E-state index in [4.69, 9.17) is 10.6 Å². The second-order valence-electron chi connectivity index (χ2n) is 3.79. The van der Waals surface area contributed by atoms with E-state index in [1.54, 1.807) is 31.2 Å². The quantitative estimate of drug-likeness (QED) is 0.576. The standard InChI is InChI=1S/C11H18N4O2/c1-8(7-17-3)15(2)11(16)10-6-9(14-12)4-5-13-10/h4-6,8H,7,12H2,1-3H3,(H,13,14). The van der Waals surface area contributed by atoms with Crippen LogP contribution in [0, 0.1) is 0 Å². The Balaban J connectivity index is 2.80. The molecule has 1 unspecified atom stereocenters. The van der Waals surface area contributed by atoms with Crippen molar-refractivity contribution in [1.29, 1.82) is 0 Å². The number of amides is 1. The van der Waals surface area contributed by atoms with Crippen LogP contribution in [-0.4, -0.2) is 42.6 Å². The number of ether oxygens (including phenoxy) is 1. The molecule has 1 rings (SSSR count). The minimum atomic E-state index is -0.161. The van der Waals surface area contributed by atoms with Crippen LogP contribution in [0.4, 0.5) is 5.69 Å². The Morgan fingerprint density at radius 3 is 3.00 bits per heavy atom. The normalized spacial score (nSPS) is 12.0. The van der Waals surface area contributed by atoms with E-state index in [9.17, 15) is 4.79 Å². The van der Waals surface area contributed by atoms with Gasteiger partial charge in [0.05, 0.1) is 18.3 Å². The molecule has 0 aliphatic carbocycles. The average Bonchev–Trinajstić information content (AvgIpc) is 2.37. The van der Waals surface area contributed by atoms with Crippen molar-refractivity contribution >= 4 is 11.6 Å². The van der Waals surface area contributed by atoms with Gasteiger partial charge in [0.15, 0.2) is 0 Å². The lowest BCUT2D eigenvalue weighted by Gasteiger charge is -2.23. The van der Waals surface area contributed by atoms with Crippen LogP contribution in [0.15, 0.2) is 18.3 Å². The first-order valence-corrected chi connectivity index (χ1v) is 5.29. The molecule has 3 N–H and O–H groups in total. The number of pyridine rings is 1. The molecule has 6 heteroatoms. The number of methoxy groups -OCH3 is 1. The molecule has 0 spiro atoms. The number of aromatic nitrogens is 1. The fourth-order valence-corrected chi connectivity index (χ4v) is 1.37. The largest absolute Gasteiger partial charge is 0.383 e. The van der Waals surface area contributed by atoms with Crippen LogP contribution in [-0.2, 0) is 4.74 Å². The SMILES string of the molecule is COCC(C)N(C)C(=O)c1cc(NN)ccn1. The van der Waals surface area contributed by atoms with Gasteiger partial charge in [0, 0.05) is 20.4 Å². The van der Waals surface area contributed by atoms with Crippen molar-refractivity contribution in [2.75, 3.05) is 26.2 Å². The van der Waals surface area contributed by atoms with Crippen molar-refractivity contribution in [2.24, 2.45) is 5.84 Å². The molecule has 1 amide bonds. The summed E-state index contributed by atoms with van der Waals surface area (Å²) in [5.74, 6) is 5.12. The Morgan fingerprint density at radius 1 is 1.71 bits per heavy atom. The number of anilines is 1. The number of nitrogens with two attached hydrogens (primary N) is 1. The lowest BCUT2D eigenvalue weighted by Crippen LogP contribution is -2.38. The van der Waals surface area contributed by atoms with E-state index in [1.807, 2.05) is 6.92 Å². The fraction of sp³-hybridized carbons (Fsp3) is 0.455. The molecule has 94 valence electrons. The smallest absolute Gasteiger partial charge is 0.272 e. The molecule has 0 aliphatic rings. The number of nitrogens with zero attached hydrogens (tertiary/aromatic N) is 2. The number of nitrogens with one attached hydrogen (secondary N) is 1. The van der Waals surface area contributed by atoms with E-state index in [0.29, 0.717) is 18.0 Å². The molecular weight excluding hydrogens is 220 g/mol. The highest BCUT2D eigenvalue weighted by molar-refractivity contribution is 5.93. The Hall–Kier alpha value is -1.66. The summed E-state index contributed by atoms with van der Waals surface area (Å²) in [5.41, 5.74) is 3.48. The fourth-order valence-electron chi connectivity index (χ4n) is 1.37. The number of likely N-dealkylation sites (N-methyl/N-ethyl adjacent to an activating group) is 1. The summed E-state index contributed by atoms with van der Waals surface area (Å²) in [7, 11) is 3.32. The average molecular weight is 238 g/mol. The van der Waals surface area contributed by atoms with Crippen molar-refractivity contribution in [2.45, 2.75) is 13.0 Å². The minimum Gasteiger partial charge on any atom is -0.383 e. The van der Waals surface area contributed by atoms with Gasteiger partial charge in [-0.15, -0.1) is 0 Å². The van der Waals surface area contributed by atoms with Gasteiger partial charge in [-0.1, -0.05) is 0 Å². The number of nitrogen functional groups attached to an aromatic ring is 1. The zero-order valence-electron chi connectivity index (χ0n) is 10.3. The van der Waals surface area contributed by atoms with Crippen LogP contribution >= 0.6 is 0 Å². The number of carbonyl (C=O) groups excluding carboxylic acids is 1. The summed E-state index contributed by atoms with van der Waals surface area (Å²) in [6.45, 7) is 2.39. The summed E-state index contributed by atoms with van der Waals surface area (Å²) in [5, 5.41) is 0. The maximum Gasteiger partial charge on any atom is 0.272 e. The number of hydrogen-bond donors (Lipinski definition) is 2. The highest BCUT2D eigenvalue weighted by Gasteiger charge is 2.18. The third-order valence-electron chi connectivity index (χ3n) is 2.54. The van der Waals surface area contributed by atoms with Crippen molar-refractivity contribution in [1.82, 2.24) is 9.88 Å². The molecule has 6 nitrogen and oxygen atoms in total. The van der Waals surface area contributed by atoms with Crippen LogP contribution in [0.25, 0.3) is 0 Å². The first-order chi connectivity index (χ1) is 8.10. The topological polar surface area (TPSA) is 80.5 Å². The Kier molecular flexibility index (Phi) is 4.86. The summed E-state index contributed by atoms with van der Waals surface area (Å²) < 4.78 is 5.01. The summed E-state index contributed by atoms with van der Waals surface area (Å²) in [4.78, 5) is 17.7. The van der Waals surface area contributed by atoms with E-state index in [1.165, 1.54) is 6.20 Å². The first kappa shape index (κ1) is 13.4. The zero-order valence-corrected chi connectivity index (χ0v) is 10.3. The Morgan fingerprint density at radius 2 is 2.41 bits per heavy atom. The number of hydrazine groups is 1. The molecular formula is C11H18N4O2. The second-order valence-corrected chi connectivity index (χ2v) is 3.79.